The number of ether oxygens (including phenoxy) is 1. The zero-order valence-electron chi connectivity index (χ0n) is 18.8. The first-order valence-electron chi connectivity index (χ1n) is 11.0. The van der Waals surface area contributed by atoms with Gasteiger partial charge in [0.25, 0.3) is 0 Å². The Labute approximate surface area is 194 Å². The third kappa shape index (κ3) is 4.84. The summed E-state index contributed by atoms with van der Waals surface area (Å²) >= 11 is 6.39. The van der Waals surface area contributed by atoms with E-state index in [4.69, 9.17) is 16.3 Å². The summed E-state index contributed by atoms with van der Waals surface area (Å²) in [5.41, 5.74) is 4.28. The van der Waals surface area contributed by atoms with Crippen molar-refractivity contribution in [2.45, 2.75) is 18.8 Å². The molecule has 1 N–H and O–H groups in total. The molecule has 0 radical (unpaired) electrons. The molecule has 168 valence electrons. The normalized spacial score (nSPS) is 18.5. The van der Waals surface area contributed by atoms with E-state index in [1.807, 2.05) is 61.6 Å². The van der Waals surface area contributed by atoms with Crippen LogP contribution in [-0.2, 0) is 17.6 Å². The Hall–Kier alpha value is -2.76. The van der Waals surface area contributed by atoms with Crippen LogP contribution >= 0.6 is 11.6 Å². The van der Waals surface area contributed by atoms with Crippen LogP contribution in [0.25, 0.3) is 0 Å². The molecule has 0 fully saturated rings. The van der Waals surface area contributed by atoms with Crippen molar-refractivity contribution in [3.63, 3.8) is 0 Å². The number of methoxy groups -OCH3 is 1. The number of nitrogens with one attached hydrogen (secondary N) is 1. The quantitative estimate of drug-likeness (QED) is 0.562. The highest BCUT2D eigenvalue weighted by Gasteiger charge is 2.38. The summed E-state index contributed by atoms with van der Waals surface area (Å²) in [5.74, 6) is 0.794. The minimum atomic E-state index is -0.199. The first-order chi connectivity index (χ1) is 15.5. The van der Waals surface area contributed by atoms with Crippen LogP contribution in [0.1, 0.15) is 22.7 Å². The van der Waals surface area contributed by atoms with E-state index >= 15 is 0 Å². The first kappa shape index (κ1) is 22.4. The topological polar surface area (TPSA) is 48.6 Å². The lowest BCUT2D eigenvalue weighted by Crippen LogP contribution is -2.41. The summed E-state index contributed by atoms with van der Waals surface area (Å²) in [6.07, 6.45) is 3.32. The van der Waals surface area contributed by atoms with Crippen molar-refractivity contribution in [2.75, 3.05) is 39.2 Å². The lowest BCUT2D eigenvalue weighted by atomic mass is 9.79. The molecular weight excluding hydrogens is 422 g/mol. The van der Waals surface area contributed by atoms with Crippen molar-refractivity contribution in [1.82, 2.24) is 9.88 Å². The van der Waals surface area contributed by atoms with E-state index < -0.39 is 0 Å². The zero-order valence-corrected chi connectivity index (χ0v) is 19.6. The number of aromatic nitrogens is 1. The van der Waals surface area contributed by atoms with Crippen LogP contribution in [-0.4, -0.2) is 50.1 Å². The van der Waals surface area contributed by atoms with Gasteiger partial charge in [0, 0.05) is 35.7 Å². The Bertz CT molecular complexity index is 1050. The monoisotopic (exact) mass is 451 g/mol. The molecule has 2 aromatic carbocycles. The van der Waals surface area contributed by atoms with Gasteiger partial charge >= 0.3 is 0 Å². The number of carbonyl (C=O) groups is 1. The number of hydrogen-bond donors (Lipinski definition) is 1. The Morgan fingerprint density at radius 3 is 2.59 bits per heavy atom. The summed E-state index contributed by atoms with van der Waals surface area (Å²) < 4.78 is 5.36. The van der Waals surface area contributed by atoms with Crippen LogP contribution < -0.4 is 9.64 Å². The Kier molecular flexibility index (Phi) is 6.87. The Balaban J connectivity index is 1.80. The van der Waals surface area contributed by atoms with Crippen molar-refractivity contribution in [1.29, 1.82) is 0 Å². The number of likely N-dealkylation sites (N-methyl/N-ethyl adjacent to an activating group) is 1. The van der Waals surface area contributed by atoms with Crippen LogP contribution in [0.3, 0.4) is 0 Å². The standard InChI is InChI=1S/C26H30ClN3O2/c1-29(2)13-14-30-25-11-8-20(27)15-19(25)16-23(18-6-9-22(32-3)10-7-18)24(26(30)31)17-21-5-4-12-28-21/h4-12,15,23-24,28H,13-14,16-17H2,1-3H3/t23-,24+/m1/s1. The molecule has 0 aliphatic carbocycles. The second-order valence-electron chi connectivity index (χ2n) is 8.66. The number of aromatic amines is 1. The van der Waals surface area contributed by atoms with E-state index in [9.17, 15) is 4.79 Å². The molecule has 1 aromatic heterocycles. The van der Waals surface area contributed by atoms with Gasteiger partial charge in [0.1, 0.15) is 5.75 Å². The molecule has 1 aliphatic heterocycles. The van der Waals surface area contributed by atoms with Crippen LogP contribution in [0.5, 0.6) is 5.75 Å². The van der Waals surface area contributed by atoms with E-state index in [-0.39, 0.29) is 17.7 Å². The summed E-state index contributed by atoms with van der Waals surface area (Å²) in [6.45, 7) is 1.42. The summed E-state index contributed by atoms with van der Waals surface area (Å²) in [5, 5.41) is 0.694. The molecular formula is C26H30ClN3O2. The number of H-pyrrole nitrogens is 1. The fourth-order valence-corrected chi connectivity index (χ4v) is 4.74. The average Bonchev–Trinajstić information content (AvgIpc) is 3.27. The lowest BCUT2D eigenvalue weighted by Gasteiger charge is -2.29. The van der Waals surface area contributed by atoms with E-state index in [0.29, 0.717) is 18.0 Å². The van der Waals surface area contributed by atoms with Crippen molar-refractivity contribution in [3.05, 3.63) is 82.6 Å². The maximum absolute atomic E-state index is 14.1. The molecule has 6 heteroatoms. The number of nitrogens with zero attached hydrogens (tertiary/aromatic N) is 2. The van der Waals surface area contributed by atoms with Gasteiger partial charge < -0.3 is 19.5 Å². The summed E-state index contributed by atoms with van der Waals surface area (Å²) in [4.78, 5) is 21.4. The molecule has 0 unspecified atom stereocenters. The molecule has 0 saturated carbocycles. The largest absolute Gasteiger partial charge is 0.497 e. The SMILES string of the molecule is COc1ccc([C@H]2Cc3cc(Cl)ccc3N(CCN(C)C)C(=O)[C@H]2Cc2ccc[nH]2)cc1. The van der Waals surface area contributed by atoms with E-state index in [1.165, 1.54) is 0 Å². The van der Waals surface area contributed by atoms with Crippen molar-refractivity contribution in [3.8, 4) is 5.75 Å². The Morgan fingerprint density at radius 2 is 1.94 bits per heavy atom. The van der Waals surface area contributed by atoms with Gasteiger partial charge in [-0.3, -0.25) is 4.79 Å². The van der Waals surface area contributed by atoms with E-state index in [1.54, 1.807) is 7.11 Å². The number of anilines is 1. The van der Waals surface area contributed by atoms with Crippen LogP contribution in [0.4, 0.5) is 5.69 Å². The summed E-state index contributed by atoms with van der Waals surface area (Å²) in [7, 11) is 5.72. The van der Waals surface area contributed by atoms with Gasteiger partial charge in [-0.25, -0.2) is 0 Å². The second-order valence-corrected chi connectivity index (χ2v) is 9.09. The average molecular weight is 452 g/mol. The molecule has 32 heavy (non-hydrogen) atoms. The van der Waals surface area contributed by atoms with Gasteiger partial charge in [-0.2, -0.15) is 0 Å². The number of amides is 1. The smallest absolute Gasteiger partial charge is 0.231 e. The minimum Gasteiger partial charge on any atom is -0.497 e. The molecule has 2 atom stereocenters. The molecule has 0 spiro atoms. The fraction of sp³-hybridized carbons (Fsp3) is 0.346. The molecule has 4 rings (SSSR count). The number of carbonyl (C=O) groups excluding carboxylic acids is 1. The third-order valence-electron chi connectivity index (χ3n) is 6.26. The number of fused-ring (bicyclic) bond motifs is 1. The lowest BCUT2D eigenvalue weighted by molar-refractivity contribution is -0.123. The number of halogens is 1. The third-order valence-corrected chi connectivity index (χ3v) is 6.49. The highest BCUT2D eigenvalue weighted by molar-refractivity contribution is 6.30. The summed E-state index contributed by atoms with van der Waals surface area (Å²) in [6, 6.07) is 18.0. The van der Waals surface area contributed by atoms with E-state index in [2.05, 4.69) is 28.1 Å². The van der Waals surface area contributed by atoms with Crippen LogP contribution in [0, 0.1) is 5.92 Å². The van der Waals surface area contributed by atoms with Crippen molar-refractivity contribution < 1.29 is 9.53 Å². The van der Waals surface area contributed by atoms with Gasteiger partial charge in [0.05, 0.1) is 13.0 Å². The first-order valence-corrected chi connectivity index (χ1v) is 11.3. The number of hydrogen-bond acceptors (Lipinski definition) is 3. The predicted octanol–water partition coefficient (Wildman–Crippen LogP) is 4.77. The maximum atomic E-state index is 14.1. The second kappa shape index (κ2) is 9.80. The minimum absolute atomic E-state index is 0.0262. The molecule has 0 saturated heterocycles. The molecule has 3 aromatic rings. The maximum Gasteiger partial charge on any atom is 0.231 e. The van der Waals surface area contributed by atoms with E-state index in [0.717, 1.165) is 41.2 Å². The molecule has 5 nitrogen and oxygen atoms in total. The van der Waals surface area contributed by atoms with Gasteiger partial charge in [-0.1, -0.05) is 23.7 Å². The highest BCUT2D eigenvalue weighted by Crippen LogP contribution is 2.40. The fourth-order valence-electron chi connectivity index (χ4n) is 4.54. The zero-order chi connectivity index (χ0) is 22.7. The van der Waals surface area contributed by atoms with Crippen LogP contribution in [0.15, 0.2) is 60.8 Å². The van der Waals surface area contributed by atoms with Crippen molar-refractivity contribution in [2.24, 2.45) is 5.92 Å². The highest BCUT2D eigenvalue weighted by atomic mass is 35.5. The predicted molar refractivity (Wildman–Crippen MR) is 130 cm³/mol. The molecule has 1 aliphatic rings. The van der Waals surface area contributed by atoms with Gasteiger partial charge in [0.2, 0.25) is 5.91 Å². The molecule has 2 heterocycles. The van der Waals surface area contributed by atoms with Gasteiger partial charge in [-0.15, -0.1) is 0 Å². The molecule has 1 amide bonds. The van der Waals surface area contributed by atoms with Crippen LogP contribution in [0.2, 0.25) is 5.02 Å². The number of benzene rings is 2. The molecule has 0 bridgehead atoms. The van der Waals surface area contributed by atoms with Crippen molar-refractivity contribution >= 4 is 23.2 Å². The van der Waals surface area contributed by atoms with Gasteiger partial charge in [0.15, 0.2) is 0 Å². The Morgan fingerprint density at radius 1 is 1.16 bits per heavy atom. The van der Waals surface area contributed by atoms with Gasteiger partial charge in [-0.05, 0) is 86.4 Å². The number of rotatable bonds is 7.